The fraction of sp³-hybridized carbons (Fsp3) is 0.111. The van der Waals surface area contributed by atoms with E-state index in [-0.39, 0.29) is 18.8 Å². The van der Waals surface area contributed by atoms with E-state index in [2.05, 4.69) is 11.2 Å². The van der Waals surface area contributed by atoms with Crippen molar-refractivity contribution in [3.05, 3.63) is 87.4 Å². The van der Waals surface area contributed by atoms with Crippen LogP contribution in [0.4, 0.5) is 5.69 Å². The summed E-state index contributed by atoms with van der Waals surface area (Å²) < 4.78 is 16.4. The highest BCUT2D eigenvalue weighted by Crippen LogP contribution is 2.29. The normalized spacial score (nSPS) is 10.6. The quantitative estimate of drug-likeness (QED) is 0.214. The molecular formula is C27H20Cl2N2O4. The van der Waals surface area contributed by atoms with E-state index in [1.165, 1.54) is 13.2 Å². The van der Waals surface area contributed by atoms with E-state index in [4.69, 9.17) is 43.8 Å². The Morgan fingerprint density at radius 2 is 1.83 bits per heavy atom. The number of benzene rings is 3. The Morgan fingerprint density at radius 1 is 1.06 bits per heavy atom. The topological polar surface area (TPSA) is 80.6 Å². The number of rotatable bonds is 9. The lowest BCUT2D eigenvalue weighted by Crippen LogP contribution is -2.13. The van der Waals surface area contributed by atoms with Crippen molar-refractivity contribution in [3.8, 4) is 35.7 Å². The second-order valence-electron chi connectivity index (χ2n) is 7.08. The van der Waals surface area contributed by atoms with Crippen molar-refractivity contribution in [1.29, 1.82) is 5.26 Å². The molecule has 0 radical (unpaired) electrons. The van der Waals surface area contributed by atoms with E-state index in [0.29, 0.717) is 38.5 Å². The first kappa shape index (κ1) is 25.5. The molecule has 3 aromatic carbocycles. The van der Waals surface area contributed by atoms with Gasteiger partial charge in [-0.05, 0) is 60.2 Å². The number of nitrogens with zero attached hydrogens (tertiary/aromatic N) is 1. The van der Waals surface area contributed by atoms with E-state index in [1.54, 1.807) is 60.7 Å². The van der Waals surface area contributed by atoms with Gasteiger partial charge in [-0.2, -0.15) is 5.26 Å². The number of nitriles is 1. The molecule has 0 atom stereocenters. The SMILES string of the molecule is C#CCOc1ccc(/C=C(\C#N)C(=O)Nc2ccc(OCc3ccc(Cl)cc3Cl)cc2)cc1OC. The van der Waals surface area contributed by atoms with Gasteiger partial charge in [0.2, 0.25) is 0 Å². The molecule has 176 valence electrons. The van der Waals surface area contributed by atoms with Gasteiger partial charge < -0.3 is 19.5 Å². The molecule has 1 N–H and O–H groups in total. The monoisotopic (exact) mass is 506 g/mol. The molecule has 6 nitrogen and oxygen atoms in total. The fourth-order valence-corrected chi connectivity index (χ4v) is 3.42. The van der Waals surface area contributed by atoms with Crippen molar-refractivity contribution >= 4 is 40.9 Å². The maximum Gasteiger partial charge on any atom is 0.266 e. The summed E-state index contributed by atoms with van der Waals surface area (Å²) in [5.74, 6) is 3.31. The molecule has 0 saturated carbocycles. The number of hydrogen-bond acceptors (Lipinski definition) is 5. The van der Waals surface area contributed by atoms with Gasteiger partial charge in [-0.25, -0.2) is 0 Å². The summed E-state index contributed by atoms with van der Waals surface area (Å²) in [6.07, 6.45) is 6.67. The first-order valence-electron chi connectivity index (χ1n) is 10.3. The number of anilines is 1. The standard InChI is InChI=1S/C27H20Cl2N2O4/c1-3-12-34-25-11-4-18(14-26(25)33-2)13-20(16-30)27(32)31-22-7-9-23(10-8-22)35-17-19-5-6-21(28)15-24(19)29/h1,4-11,13-15H,12,17H2,2H3,(H,31,32)/b20-13+. The first-order chi connectivity index (χ1) is 16.9. The Hall–Kier alpha value is -4.10. The number of methoxy groups -OCH3 is 1. The Balaban J connectivity index is 1.65. The minimum atomic E-state index is -0.555. The van der Waals surface area contributed by atoms with Gasteiger partial charge in [-0.1, -0.05) is 41.3 Å². The van der Waals surface area contributed by atoms with Crippen molar-refractivity contribution in [2.45, 2.75) is 6.61 Å². The lowest BCUT2D eigenvalue weighted by atomic mass is 10.1. The van der Waals surface area contributed by atoms with Crippen LogP contribution in [0.3, 0.4) is 0 Å². The zero-order valence-corrected chi connectivity index (χ0v) is 20.2. The molecule has 8 heteroatoms. The molecule has 0 bridgehead atoms. The summed E-state index contributed by atoms with van der Waals surface area (Å²) >= 11 is 12.1. The minimum absolute atomic E-state index is 0.0814. The van der Waals surface area contributed by atoms with Gasteiger partial charge in [0, 0.05) is 21.3 Å². The molecule has 0 fully saturated rings. The summed E-state index contributed by atoms with van der Waals surface area (Å²) in [5, 5.41) is 13.3. The van der Waals surface area contributed by atoms with E-state index in [9.17, 15) is 10.1 Å². The van der Waals surface area contributed by atoms with Crippen molar-refractivity contribution in [2.24, 2.45) is 0 Å². The van der Waals surface area contributed by atoms with Crippen molar-refractivity contribution < 1.29 is 19.0 Å². The first-order valence-corrected chi connectivity index (χ1v) is 11.0. The van der Waals surface area contributed by atoms with E-state index in [1.807, 2.05) is 6.07 Å². The second kappa shape index (κ2) is 12.4. The number of halogens is 2. The van der Waals surface area contributed by atoms with E-state index >= 15 is 0 Å². The molecule has 0 aliphatic rings. The average molecular weight is 507 g/mol. The highest BCUT2D eigenvalue weighted by molar-refractivity contribution is 6.35. The third kappa shape index (κ3) is 7.19. The fourth-order valence-electron chi connectivity index (χ4n) is 2.96. The van der Waals surface area contributed by atoms with Gasteiger partial charge in [-0.3, -0.25) is 4.79 Å². The minimum Gasteiger partial charge on any atom is -0.493 e. The Kier molecular flexibility index (Phi) is 9.03. The third-order valence-electron chi connectivity index (χ3n) is 4.70. The van der Waals surface area contributed by atoms with Crippen LogP contribution in [0.5, 0.6) is 17.2 Å². The van der Waals surface area contributed by atoms with Gasteiger partial charge in [0.25, 0.3) is 5.91 Å². The molecule has 0 unspecified atom stereocenters. The van der Waals surface area contributed by atoms with Crippen LogP contribution in [0.2, 0.25) is 10.0 Å². The van der Waals surface area contributed by atoms with Crippen LogP contribution in [0.15, 0.2) is 66.2 Å². The van der Waals surface area contributed by atoms with Crippen LogP contribution in [-0.4, -0.2) is 19.6 Å². The summed E-state index contributed by atoms with van der Waals surface area (Å²) in [7, 11) is 1.49. The highest BCUT2D eigenvalue weighted by atomic mass is 35.5. The number of ether oxygens (including phenoxy) is 3. The zero-order chi connectivity index (χ0) is 25.2. The maximum atomic E-state index is 12.6. The molecule has 0 aliphatic carbocycles. The molecule has 0 aromatic heterocycles. The molecule has 0 heterocycles. The second-order valence-corrected chi connectivity index (χ2v) is 7.92. The van der Waals surface area contributed by atoms with E-state index < -0.39 is 5.91 Å². The number of amides is 1. The molecule has 3 aromatic rings. The van der Waals surface area contributed by atoms with Gasteiger partial charge in [0.15, 0.2) is 11.5 Å². The number of carbonyl (C=O) groups excluding carboxylic acids is 1. The molecular weight excluding hydrogens is 487 g/mol. The van der Waals surface area contributed by atoms with Crippen LogP contribution in [0.25, 0.3) is 6.08 Å². The smallest absolute Gasteiger partial charge is 0.266 e. The number of carbonyl (C=O) groups is 1. The average Bonchev–Trinajstić information content (AvgIpc) is 2.86. The Bertz CT molecular complexity index is 1320. The van der Waals surface area contributed by atoms with Crippen molar-refractivity contribution in [1.82, 2.24) is 0 Å². The number of terminal acetylenes is 1. The summed E-state index contributed by atoms with van der Waals surface area (Å²) in [5.41, 5.74) is 1.81. The maximum absolute atomic E-state index is 12.6. The van der Waals surface area contributed by atoms with Crippen LogP contribution in [0.1, 0.15) is 11.1 Å². The predicted octanol–water partition coefficient (Wildman–Crippen LogP) is 6.14. The van der Waals surface area contributed by atoms with Crippen LogP contribution in [0, 0.1) is 23.7 Å². The van der Waals surface area contributed by atoms with E-state index in [0.717, 1.165) is 5.56 Å². The summed E-state index contributed by atoms with van der Waals surface area (Å²) in [4.78, 5) is 12.6. The zero-order valence-electron chi connectivity index (χ0n) is 18.7. The van der Waals surface area contributed by atoms with Gasteiger partial charge in [0.1, 0.15) is 30.6 Å². The molecule has 0 saturated heterocycles. The predicted molar refractivity (Wildman–Crippen MR) is 137 cm³/mol. The van der Waals surface area contributed by atoms with Crippen LogP contribution >= 0.6 is 23.2 Å². The molecule has 1 amide bonds. The van der Waals surface area contributed by atoms with Crippen molar-refractivity contribution in [2.75, 3.05) is 19.0 Å². The Morgan fingerprint density at radius 3 is 2.49 bits per heavy atom. The highest BCUT2D eigenvalue weighted by Gasteiger charge is 2.12. The lowest BCUT2D eigenvalue weighted by Gasteiger charge is -2.10. The largest absolute Gasteiger partial charge is 0.493 e. The molecule has 35 heavy (non-hydrogen) atoms. The lowest BCUT2D eigenvalue weighted by molar-refractivity contribution is -0.112. The van der Waals surface area contributed by atoms with Gasteiger partial charge >= 0.3 is 0 Å². The number of nitrogens with one attached hydrogen (secondary N) is 1. The van der Waals surface area contributed by atoms with Crippen molar-refractivity contribution in [3.63, 3.8) is 0 Å². The summed E-state index contributed by atoms with van der Waals surface area (Å²) in [6.45, 7) is 0.356. The van der Waals surface area contributed by atoms with Gasteiger partial charge in [-0.15, -0.1) is 6.42 Å². The summed E-state index contributed by atoms with van der Waals surface area (Å²) in [6, 6.07) is 18.9. The Labute approximate surface area is 213 Å². The molecule has 3 rings (SSSR count). The van der Waals surface area contributed by atoms with Crippen LogP contribution in [-0.2, 0) is 11.4 Å². The molecule has 0 aliphatic heterocycles. The molecule has 0 spiro atoms. The van der Waals surface area contributed by atoms with Crippen LogP contribution < -0.4 is 19.5 Å². The number of hydrogen-bond donors (Lipinski definition) is 1. The van der Waals surface area contributed by atoms with Gasteiger partial charge in [0.05, 0.1) is 7.11 Å². The third-order valence-corrected chi connectivity index (χ3v) is 5.28.